The van der Waals surface area contributed by atoms with Gasteiger partial charge < -0.3 is 19.4 Å². The zero-order valence-electron chi connectivity index (χ0n) is 21.1. The average molecular weight is 535 g/mol. The van der Waals surface area contributed by atoms with Gasteiger partial charge in [0.2, 0.25) is 10.0 Å². The second kappa shape index (κ2) is 9.92. The molecule has 0 atom stereocenters. The van der Waals surface area contributed by atoms with Gasteiger partial charge in [0.15, 0.2) is 5.88 Å². The second-order valence-electron chi connectivity index (χ2n) is 9.26. The molecule has 0 unspecified atom stereocenters. The molecule has 5 aromatic rings. The highest BCUT2D eigenvalue weighted by Crippen LogP contribution is 2.32. The van der Waals surface area contributed by atoms with Crippen LogP contribution in [-0.2, 0) is 10.0 Å². The van der Waals surface area contributed by atoms with E-state index in [4.69, 9.17) is 4.99 Å². The van der Waals surface area contributed by atoms with Crippen molar-refractivity contribution in [2.45, 2.75) is 0 Å². The molecule has 0 aliphatic carbocycles. The number of aromatic hydroxyl groups is 1. The summed E-state index contributed by atoms with van der Waals surface area (Å²) in [5, 5.41) is 11.5. The number of nitrogens with one attached hydrogen (secondary N) is 1. The van der Waals surface area contributed by atoms with E-state index in [0.29, 0.717) is 57.9 Å². The number of likely N-dealkylation sites (N-methyl/N-ethyl adjacent to an activating group) is 1. The Labute approximate surface area is 219 Å². The van der Waals surface area contributed by atoms with Crippen molar-refractivity contribution in [1.82, 2.24) is 19.3 Å². The highest BCUT2D eigenvalue weighted by Gasteiger charge is 2.21. The third-order valence-electron chi connectivity index (χ3n) is 6.18. The van der Waals surface area contributed by atoms with Gasteiger partial charge in [-0.25, -0.2) is 22.8 Å². The van der Waals surface area contributed by atoms with E-state index in [2.05, 4.69) is 9.97 Å². The number of imidazole rings is 1. The fourth-order valence-corrected chi connectivity index (χ4v) is 5.24. The van der Waals surface area contributed by atoms with E-state index in [1.54, 1.807) is 36.5 Å². The van der Waals surface area contributed by atoms with Gasteiger partial charge >= 0.3 is 0 Å². The number of hydrogen-bond donors (Lipinski definition) is 2. The van der Waals surface area contributed by atoms with Crippen molar-refractivity contribution in [3.63, 3.8) is 0 Å². The lowest BCUT2D eigenvalue weighted by Crippen LogP contribution is -2.35. The third-order valence-corrected chi connectivity index (χ3v) is 7.37. The predicted octanol–water partition coefficient (Wildman–Crippen LogP) is 4.16. The largest absolute Gasteiger partial charge is 0.494 e. The van der Waals surface area contributed by atoms with Crippen molar-refractivity contribution < 1.29 is 17.9 Å². The van der Waals surface area contributed by atoms with Crippen LogP contribution in [0.1, 0.15) is 11.1 Å². The fourth-order valence-electron chi connectivity index (χ4n) is 4.32. The summed E-state index contributed by atoms with van der Waals surface area (Å²) in [4.78, 5) is 14.0. The number of aromatic nitrogens is 3. The van der Waals surface area contributed by atoms with E-state index in [1.807, 2.05) is 47.9 Å². The third kappa shape index (κ3) is 5.11. The molecule has 0 saturated heterocycles. The molecule has 0 fully saturated rings. The number of benzene rings is 2. The Morgan fingerprint density at radius 1 is 1.08 bits per heavy atom. The summed E-state index contributed by atoms with van der Waals surface area (Å²) >= 11 is 0. The number of H-pyrrole nitrogens is 1. The lowest BCUT2D eigenvalue weighted by molar-refractivity contribution is 0.419. The molecule has 11 heteroatoms. The minimum Gasteiger partial charge on any atom is -0.494 e. The number of halogens is 1. The van der Waals surface area contributed by atoms with Gasteiger partial charge in [-0.1, -0.05) is 0 Å². The van der Waals surface area contributed by atoms with E-state index < -0.39 is 15.8 Å². The topological polar surface area (TPSA) is 106 Å². The molecule has 0 amide bonds. The Kier molecular flexibility index (Phi) is 6.64. The van der Waals surface area contributed by atoms with E-state index in [-0.39, 0.29) is 5.88 Å². The smallest absolute Gasteiger partial charge is 0.232 e. The maximum Gasteiger partial charge on any atom is 0.232 e. The number of nitrogens with zero attached hydrogens (tertiary/aromatic N) is 5. The minimum absolute atomic E-state index is 0.142. The predicted molar refractivity (Wildman–Crippen MR) is 148 cm³/mol. The van der Waals surface area contributed by atoms with Gasteiger partial charge in [0, 0.05) is 42.6 Å². The van der Waals surface area contributed by atoms with Crippen LogP contribution in [0.5, 0.6) is 5.88 Å². The molecule has 0 saturated carbocycles. The van der Waals surface area contributed by atoms with Crippen LogP contribution in [0.25, 0.3) is 16.6 Å². The van der Waals surface area contributed by atoms with E-state index in [9.17, 15) is 17.9 Å². The number of hydrogen-bond acceptors (Lipinski definition) is 6. The molecule has 3 aromatic heterocycles. The lowest BCUT2D eigenvalue weighted by Gasteiger charge is -2.24. The molecule has 0 radical (unpaired) electrons. The van der Waals surface area contributed by atoms with Gasteiger partial charge in [0.25, 0.3) is 0 Å². The van der Waals surface area contributed by atoms with Crippen molar-refractivity contribution in [3.05, 3.63) is 90.1 Å². The molecule has 9 nitrogen and oxygen atoms in total. The Balaban J connectivity index is 1.62. The molecule has 38 heavy (non-hydrogen) atoms. The van der Waals surface area contributed by atoms with Crippen LogP contribution in [0.4, 0.5) is 15.8 Å². The first-order valence-electron chi connectivity index (χ1n) is 11.8. The molecule has 0 aliphatic rings. The number of aliphatic imine (C=N–C) groups is 1. The molecule has 196 valence electrons. The summed E-state index contributed by atoms with van der Waals surface area (Å²) in [5.74, 6) is -0.570. The quantitative estimate of drug-likeness (QED) is 0.291. The van der Waals surface area contributed by atoms with Gasteiger partial charge in [-0.3, -0.25) is 4.31 Å². The highest BCUT2D eigenvalue weighted by molar-refractivity contribution is 7.92. The zero-order chi connectivity index (χ0) is 27.0. The van der Waals surface area contributed by atoms with Gasteiger partial charge in [-0.15, -0.1) is 0 Å². The summed E-state index contributed by atoms with van der Waals surface area (Å²) < 4.78 is 42.0. The number of fused-ring (bicyclic) bond motifs is 2. The van der Waals surface area contributed by atoms with Crippen molar-refractivity contribution in [3.8, 4) is 5.88 Å². The summed E-state index contributed by atoms with van der Waals surface area (Å²) in [6, 6.07) is 14.8. The lowest BCUT2D eigenvalue weighted by atomic mass is 10.0. The van der Waals surface area contributed by atoms with Crippen LogP contribution in [0.3, 0.4) is 0 Å². The SMILES string of the molecule is CN(C)CCN(c1ccc(N=C(c2ccn3ccnc3c2)c2c(O)[nH]c3cc(F)ccc23)cc1)S(C)(=O)=O. The molecule has 5 rings (SSSR count). The highest BCUT2D eigenvalue weighted by atomic mass is 32.2. The van der Waals surface area contributed by atoms with Crippen LogP contribution in [0, 0.1) is 5.82 Å². The van der Waals surface area contributed by atoms with E-state index >= 15 is 0 Å². The maximum atomic E-state index is 13.9. The molecular formula is C27H27FN6O3S. The maximum absolute atomic E-state index is 13.9. The summed E-state index contributed by atoms with van der Waals surface area (Å²) in [6.07, 6.45) is 6.53. The molecule has 0 spiro atoms. The van der Waals surface area contributed by atoms with Crippen molar-refractivity contribution in [2.75, 3.05) is 37.7 Å². The average Bonchev–Trinajstić information content (AvgIpc) is 3.45. The van der Waals surface area contributed by atoms with Crippen LogP contribution in [0.2, 0.25) is 0 Å². The minimum atomic E-state index is -3.48. The van der Waals surface area contributed by atoms with Crippen LogP contribution >= 0.6 is 0 Å². The molecule has 3 heterocycles. The van der Waals surface area contributed by atoms with Crippen molar-refractivity contribution in [2.24, 2.45) is 4.99 Å². The summed E-state index contributed by atoms with van der Waals surface area (Å²) in [7, 11) is 0.285. The van der Waals surface area contributed by atoms with Crippen LogP contribution < -0.4 is 4.31 Å². The first-order valence-corrected chi connectivity index (χ1v) is 13.7. The molecule has 0 bridgehead atoms. The summed E-state index contributed by atoms with van der Waals surface area (Å²) in [6.45, 7) is 0.873. The van der Waals surface area contributed by atoms with Crippen molar-refractivity contribution in [1.29, 1.82) is 0 Å². The van der Waals surface area contributed by atoms with Gasteiger partial charge in [0.1, 0.15) is 11.5 Å². The number of pyridine rings is 1. The molecule has 2 N–H and O–H groups in total. The standard InChI is InChI=1S/C27H27FN6O3S/c1-32(2)14-15-34(38(3,36)37)21-7-5-20(6-8-21)30-26(18-10-12-33-13-11-29-24(33)16-18)25-22-9-4-19(28)17-23(22)31-27(25)35/h4-13,16-17,31,35H,14-15H2,1-3H3. The molecule has 2 aromatic carbocycles. The Hall–Kier alpha value is -4.22. The van der Waals surface area contributed by atoms with Crippen molar-refractivity contribution >= 4 is 43.7 Å². The number of aromatic amines is 1. The Bertz CT molecular complexity index is 1760. The fraction of sp³-hybridized carbons (Fsp3) is 0.185. The summed E-state index contributed by atoms with van der Waals surface area (Å²) in [5.41, 5.74) is 3.77. The second-order valence-corrected chi connectivity index (χ2v) is 11.2. The first-order chi connectivity index (χ1) is 18.1. The van der Waals surface area contributed by atoms with Gasteiger partial charge in [-0.2, -0.15) is 0 Å². The normalized spacial score (nSPS) is 12.6. The molecule has 0 aliphatic heterocycles. The zero-order valence-corrected chi connectivity index (χ0v) is 21.9. The van der Waals surface area contributed by atoms with E-state index in [0.717, 1.165) is 0 Å². The monoisotopic (exact) mass is 534 g/mol. The van der Waals surface area contributed by atoms with Gasteiger partial charge in [0.05, 0.1) is 34.4 Å². The number of sulfonamides is 1. The molecular weight excluding hydrogens is 507 g/mol. The first kappa shape index (κ1) is 25.4. The van der Waals surface area contributed by atoms with E-state index in [1.165, 1.54) is 22.7 Å². The van der Waals surface area contributed by atoms with Crippen LogP contribution in [0.15, 0.2) is 78.2 Å². The number of anilines is 1. The number of rotatable bonds is 8. The Morgan fingerprint density at radius 3 is 2.55 bits per heavy atom. The van der Waals surface area contributed by atoms with Gasteiger partial charge in [-0.05, 0) is 68.7 Å². The van der Waals surface area contributed by atoms with Crippen LogP contribution in [-0.4, -0.2) is 71.9 Å². The Morgan fingerprint density at radius 2 is 1.84 bits per heavy atom.